The lowest BCUT2D eigenvalue weighted by Crippen LogP contribution is -2.27. The molecule has 0 bridgehead atoms. The van der Waals surface area contributed by atoms with E-state index in [0.29, 0.717) is 33.3 Å². The van der Waals surface area contributed by atoms with Gasteiger partial charge >= 0.3 is 0 Å². The second-order valence-electron chi connectivity index (χ2n) is 4.63. The second kappa shape index (κ2) is 8.02. The van der Waals surface area contributed by atoms with Crippen molar-refractivity contribution in [2.24, 2.45) is 0 Å². The Morgan fingerprint density at radius 2 is 2.04 bits per heavy atom. The average Bonchev–Trinajstić information content (AvgIpc) is 2.97. The molecule has 0 aliphatic rings. The molecule has 0 atom stereocenters. The number of hydrogen-bond acceptors (Lipinski definition) is 8. The summed E-state index contributed by atoms with van der Waals surface area (Å²) >= 11 is 2.60. The number of anilines is 1. The molecule has 0 saturated carbocycles. The largest absolute Gasteiger partial charge is 0.493 e. The molecule has 0 radical (unpaired) electrons. The number of carbonyl (C=O) groups excluding carboxylic acids is 1. The summed E-state index contributed by atoms with van der Waals surface area (Å²) in [6.45, 7) is 0.484. The van der Waals surface area contributed by atoms with Crippen LogP contribution in [0.1, 0.15) is 5.56 Å². The maximum absolute atomic E-state index is 12.2. The van der Waals surface area contributed by atoms with E-state index in [0.717, 1.165) is 5.56 Å². The van der Waals surface area contributed by atoms with Crippen molar-refractivity contribution >= 4 is 34.1 Å². The van der Waals surface area contributed by atoms with E-state index in [1.807, 2.05) is 18.2 Å². The van der Waals surface area contributed by atoms with Crippen LogP contribution >= 0.6 is 23.1 Å². The quantitative estimate of drug-likeness (QED) is 0.759. The van der Waals surface area contributed by atoms with E-state index in [1.54, 1.807) is 26.2 Å². The van der Waals surface area contributed by atoms with Crippen molar-refractivity contribution < 1.29 is 14.3 Å². The fourth-order valence-electron chi connectivity index (χ4n) is 1.85. The molecule has 0 saturated heterocycles. The summed E-state index contributed by atoms with van der Waals surface area (Å²) in [6.07, 6.45) is 0. The van der Waals surface area contributed by atoms with Gasteiger partial charge in [-0.2, -0.15) is 0 Å². The zero-order valence-corrected chi connectivity index (χ0v) is 14.7. The van der Waals surface area contributed by atoms with Crippen LogP contribution in [-0.4, -0.2) is 48.0 Å². The highest BCUT2D eigenvalue weighted by molar-refractivity contribution is 8.01. The molecule has 0 aliphatic carbocycles. The number of nitrogen functional groups attached to an aromatic ring is 1. The molecule has 0 aliphatic heterocycles. The zero-order chi connectivity index (χ0) is 16.8. The normalized spacial score (nSPS) is 10.4. The monoisotopic (exact) mass is 354 g/mol. The lowest BCUT2D eigenvalue weighted by molar-refractivity contribution is -0.127. The van der Waals surface area contributed by atoms with Crippen molar-refractivity contribution in [3.63, 3.8) is 0 Å². The molecule has 7 nitrogen and oxygen atoms in total. The summed E-state index contributed by atoms with van der Waals surface area (Å²) in [5.74, 6) is 1.59. The van der Waals surface area contributed by atoms with Crippen molar-refractivity contribution in [3.05, 3.63) is 23.8 Å². The first-order valence-electron chi connectivity index (χ1n) is 6.70. The fourth-order valence-corrected chi connectivity index (χ4v) is 3.43. The first kappa shape index (κ1) is 17.4. The number of carbonyl (C=O) groups is 1. The summed E-state index contributed by atoms with van der Waals surface area (Å²) in [7, 11) is 4.93. The van der Waals surface area contributed by atoms with Crippen LogP contribution in [0, 0.1) is 0 Å². The van der Waals surface area contributed by atoms with Crippen LogP contribution in [0.25, 0.3) is 0 Å². The predicted octanol–water partition coefficient (Wildman–Crippen LogP) is 1.89. The number of hydrogen-bond donors (Lipinski definition) is 1. The van der Waals surface area contributed by atoms with Gasteiger partial charge in [-0.3, -0.25) is 4.79 Å². The van der Waals surface area contributed by atoms with Gasteiger partial charge in [0.15, 0.2) is 15.8 Å². The average molecular weight is 354 g/mol. The highest BCUT2D eigenvalue weighted by atomic mass is 32.2. The standard InChI is InChI=1S/C14H18N4O3S2/c1-18(12(19)8-22-14-17-16-13(15)23-14)7-9-4-5-10(20-2)11(6-9)21-3/h4-6H,7-8H2,1-3H3,(H2,15,16). The minimum Gasteiger partial charge on any atom is -0.493 e. The number of thioether (sulfide) groups is 1. The lowest BCUT2D eigenvalue weighted by Gasteiger charge is -2.18. The molecular formula is C14H18N4O3S2. The number of nitrogens with two attached hydrogens (primary N) is 1. The first-order valence-corrected chi connectivity index (χ1v) is 8.50. The van der Waals surface area contributed by atoms with Crippen molar-refractivity contribution in [2.45, 2.75) is 10.9 Å². The van der Waals surface area contributed by atoms with E-state index >= 15 is 0 Å². The molecular weight excluding hydrogens is 336 g/mol. The minimum atomic E-state index is -0.00134. The van der Waals surface area contributed by atoms with Gasteiger partial charge < -0.3 is 20.1 Å². The number of rotatable bonds is 7. The Morgan fingerprint density at radius 3 is 2.65 bits per heavy atom. The molecule has 0 fully saturated rings. The van der Waals surface area contributed by atoms with Crippen LogP contribution < -0.4 is 15.2 Å². The Morgan fingerprint density at radius 1 is 1.30 bits per heavy atom. The predicted molar refractivity (Wildman–Crippen MR) is 91.1 cm³/mol. The molecule has 2 rings (SSSR count). The number of ether oxygens (including phenoxy) is 2. The maximum Gasteiger partial charge on any atom is 0.233 e. The van der Waals surface area contributed by atoms with Gasteiger partial charge in [0.1, 0.15) is 0 Å². The molecule has 1 amide bonds. The molecule has 1 aromatic heterocycles. The summed E-state index contributed by atoms with van der Waals surface area (Å²) < 4.78 is 11.2. The fraction of sp³-hybridized carbons (Fsp3) is 0.357. The highest BCUT2D eigenvalue weighted by Crippen LogP contribution is 2.28. The van der Waals surface area contributed by atoms with E-state index in [9.17, 15) is 4.79 Å². The van der Waals surface area contributed by atoms with Gasteiger partial charge in [0.05, 0.1) is 20.0 Å². The lowest BCUT2D eigenvalue weighted by atomic mass is 10.2. The van der Waals surface area contributed by atoms with Crippen molar-refractivity contribution in [1.29, 1.82) is 0 Å². The van der Waals surface area contributed by atoms with Crippen LogP contribution in [0.15, 0.2) is 22.5 Å². The van der Waals surface area contributed by atoms with Crippen LogP contribution in [0.3, 0.4) is 0 Å². The van der Waals surface area contributed by atoms with Gasteiger partial charge in [0, 0.05) is 13.6 Å². The third-order valence-corrected chi connectivity index (χ3v) is 4.91. The van der Waals surface area contributed by atoms with Crippen molar-refractivity contribution in [3.8, 4) is 11.5 Å². The molecule has 9 heteroatoms. The van der Waals surface area contributed by atoms with Gasteiger partial charge in [-0.25, -0.2) is 0 Å². The summed E-state index contributed by atoms with van der Waals surface area (Å²) in [5.41, 5.74) is 6.47. The van der Waals surface area contributed by atoms with Gasteiger partial charge in [-0.15, -0.1) is 10.2 Å². The van der Waals surface area contributed by atoms with Crippen LogP contribution in [0.4, 0.5) is 5.13 Å². The van der Waals surface area contributed by atoms with E-state index in [1.165, 1.54) is 23.1 Å². The molecule has 0 spiro atoms. The molecule has 23 heavy (non-hydrogen) atoms. The molecule has 124 valence electrons. The molecule has 1 aromatic carbocycles. The SMILES string of the molecule is COc1ccc(CN(C)C(=O)CSc2nnc(N)s2)cc1OC. The van der Waals surface area contributed by atoms with E-state index in [2.05, 4.69) is 10.2 Å². The topological polar surface area (TPSA) is 90.6 Å². The van der Waals surface area contributed by atoms with E-state index < -0.39 is 0 Å². The van der Waals surface area contributed by atoms with E-state index in [-0.39, 0.29) is 5.91 Å². The highest BCUT2D eigenvalue weighted by Gasteiger charge is 2.13. The summed E-state index contributed by atoms with van der Waals surface area (Å²) in [4.78, 5) is 13.8. The molecule has 2 aromatic rings. The van der Waals surface area contributed by atoms with Crippen molar-refractivity contribution in [1.82, 2.24) is 15.1 Å². The second-order valence-corrected chi connectivity index (χ2v) is 6.87. The van der Waals surface area contributed by atoms with Gasteiger partial charge in [-0.1, -0.05) is 29.2 Å². The van der Waals surface area contributed by atoms with Gasteiger partial charge in [0.25, 0.3) is 0 Å². The van der Waals surface area contributed by atoms with Crippen LogP contribution in [-0.2, 0) is 11.3 Å². The third kappa shape index (κ3) is 4.73. The number of amides is 1. The summed E-state index contributed by atoms with van der Waals surface area (Å²) in [6, 6.07) is 5.59. The Kier molecular flexibility index (Phi) is 6.05. The Bertz CT molecular complexity index is 678. The number of benzene rings is 1. The smallest absolute Gasteiger partial charge is 0.233 e. The Labute approximate surface area is 142 Å². The Hall–Kier alpha value is -2.00. The maximum atomic E-state index is 12.2. The zero-order valence-electron chi connectivity index (χ0n) is 13.1. The van der Waals surface area contributed by atoms with Crippen molar-refractivity contribution in [2.75, 3.05) is 32.8 Å². The Balaban J connectivity index is 1.92. The number of aromatic nitrogens is 2. The first-order chi connectivity index (χ1) is 11.0. The molecule has 2 N–H and O–H groups in total. The molecule has 0 unspecified atom stereocenters. The minimum absolute atomic E-state index is 0.00134. The van der Waals surface area contributed by atoms with E-state index in [4.69, 9.17) is 15.2 Å². The van der Waals surface area contributed by atoms with Crippen LogP contribution in [0.2, 0.25) is 0 Å². The summed E-state index contributed by atoms with van der Waals surface area (Å²) in [5, 5.41) is 8.00. The molecule has 1 heterocycles. The van der Waals surface area contributed by atoms with Gasteiger partial charge in [0.2, 0.25) is 11.0 Å². The number of nitrogens with zero attached hydrogens (tertiary/aromatic N) is 3. The number of methoxy groups -OCH3 is 2. The van der Waals surface area contributed by atoms with Crippen LogP contribution in [0.5, 0.6) is 11.5 Å². The third-order valence-electron chi connectivity index (χ3n) is 3.03. The van der Waals surface area contributed by atoms with Gasteiger partial charge in [-0.05, 0) is 17.7 Å².